The van der Waals surface area contributed by atoms with Crippen molar-refractivity contribution in [2.75, 3.05) is 11.5 Å². The number of nitrogens with one attached hydrogen (secondary N) is 1. The second kappa shape index (κ2) is 6.91. The van der Waals surface area contributed by atoms with Gasteiger partial charge in [-0.1, -0.05) is 6.92 Å². The van der Waals surface area contributed by atoms with Crippen molar-refractivity contribution in [1.82, 2.24) is 4.72 Å². The number of thiophene rings is 1. The number of hydrogen-bond acceptors (Lipinski definition) is 5. The van der Waals surface area contributed by atoms with E-state index in [0.717, 1.165) is 11.5 Å². The molecule has 0 fully saturated rings. The van der Waals surface area contributed by atoms with E-state index in [1.54, 1.807) is 24.1 Å². The van der Waals surface area contributed by atoms with E-state index in [4.69, 9.17) is 0 Å². The van der Waals surface area contributed by atoms with Crippen molar-refractivity contribution in [2.24, 2.45) is 0 Å². The first-order chi connectivity index (χ1) is 8.42. The Morgan fingerprint density at radius 1 is 1.56 bits per heavy atom. The fourth-order valence-corrected chi connectivity index (χ4v) is 5.29. The zero-order valence-corrected chi connectivity index (χ0v) is 13.2. The van der Waals surface area contributed by atoms with Gasteiger partial charge in [0.15, 0.2) is 0 Å². The Hall–Kier alpha value is -0.0800. The first-order valence-electron chi connectivity index (χ1n) is 5.70. The predicted molar refractivity (Wildman–Crippen MR) is 77.8 cm³/mol. The van der Waals surface area contributed by atoms with Crippen LogP contribution < -0.4 is 4.72 Å². The molecule has 0 spiro atoms. The van der Waals surface area contributed by atoms with E-state index >= 15 is 0 Å². The number of aliphatic hydroxyl groups excluding tert-OH is 1. The molecule has 0 bridgehead atoms. The van der Waals surface area contributed by atoms with Gasteiger partial charge in [-0.15, -0.1) is 11.3 Å². The number of sulfonamides is 1. The summed E-state index contributed by atoms with van der Waals surface area (Å²) < 4.78 is 27.1. The lowest BCUT2D eigenvalue weighted by Gasteiger charge is -2.14. The molecule has 0 aliphatic carbocycles. The molecule has 1 aromatic rings. The Labute approximate surface area is 117 Å². The molecule has 18 heavy (non-hydrogen) atoms. The van der Waals surface area contributed by atoms with Gasteiger partial charge in [-0.2, -0.15) is 11.8 Å². The Kier molecular flexibility index (Phi) is 6.13. The minimum absolute atomic E-state index is 0.120. The second-order valence-corrected chi connectivity index (χ2v) is 7.94. The van der Waals surface area contributed by atoms with Crippen LogP contribution >= 0.6 is 23.1 Å². The average molecular weight is 309 g/mol. The molecule has 0 amide bonds. The zero-order valence-electron chi connectivity index (χ0n) is 10.8. The topological polar surface area (TPSA) is 66.4 Å². The highest BCUT2D eigenvalue weighted by atomic mass is 32.2. The van der Waals surface area contributed by atoms with Gasteiger partial charge < -0.3 is 5.11 Å². The predicted octanol–water partition coefficient (Wildman–Crippen LogP) is 1.97. The number of thioether (sulfide) groups is 1. The molecule has 1 rings (SSSR count). The monoisotopic (exact) mass is 309 g/mol. The van der Waals surface area contributed by atoms with Crippen molar-refractivity contribution >= 4 is 33.1 Å². The Morgan fingerprint density at radius 2 is 2.22 bits per heavy atom. The van der Waals surface area contributed by atoms with E-state index in [-0.39, 0.29) is 17.5 Å². The van der Waals surface area contributed by atoms with Crippen LogP contribution in [0.4, 0.5) is 0 Å². The molecule has 1 aromatic heterocycles. The summed E-state index contributed by atoms with van der Waals surface area (Å²) in [6, 6.07) is -0.120. The molecule has 0 saturated carbocycles. The summed E-state index contributed by atoms with van der Waals surface area (Å²) in [7, 11) is -3.53. The molecule has 1 heterocycles. The standard InChI is InChI=1S/C11H19NO3S3/c1-4-16-7-9(3)12-18(14,15)11-8(2)6-17-10(11)5-13/h6,9,12-13H,4-5,7H2,1-3H3. The van der Waals surface area contributed by atoms with E-state index in [9.17, 15) is 13.5 Å². The van der Waals surface area contributed by atoms with Crippen LogP contribution in [0, 0.1) is 6.92 Å². The lowest BCUT2D eigenvalue weighted by molar-refractivity contribution is 0.282. The van der Waals surface area contributed by atoms with Crippen LogP contribution in [0.5, 0.6) is 0 Å². The van der Waals surface area contributed by atoms with Crippen LogP contribution in [0.1, 0.15) is 24.3 Å². The summed E-state index contributed by atoms with van der Waals surface area (Å²) in [4.78, 5) is 0.735. The minimum Gasteiger partial charge on any atom is -0.391 e. The zero-order chi connectivity index (χ0) is 13.8. The molecular formula is C11H19NO3S3. The summed E-state index contributed by atoms with van der Waals surface area (Å²) in [6.07, 6.45) is 0. The largest absolute Gasteiger partial charge is 0.391 e. The van der Waals surface area contributed by atoms with Crippen LogP contribution in [-0.2, 0) is 16.6 Å². The molecule has 0 aliphatic heterocycles. The van der Waals surface area contributed by atoms with Crippen LogP contribution in [0.2, 0.25) is 0 Å². The SMILES string of the molecule is CCSCC(C)NS(=O)(=O)c1c(C)csc1CO. The van der Waals surface area contributed by atoms with Gasteiger partial charge >= 0.3 is 0 Å². The lowest BCUT2D eigenvalue weighted by atomic mass is 10.3. The van der Waals surface area contributed by atoms with Crippen molar-refractivity contribution in [2.45, 2.75) is 38.3 Å². The normalized spacial score (nSPS) is 13.8. The summed E-state index contributed by atoms with van der Waals surface area (Å²) in [5.74, 6) is 1.71. The summed E-state index contributed by atoms with van der Waals surface area (Å²) in [6.45, 7) is 5.39. The number of rotatable bonds is 7. The Balaban J connectivity index is 2.89. The van der Waals surface area contributed by atoms with Crippen molar-refractivity contribution in [1.29, 1.82) is 0 Å². The summed E-state index contributed by atoms with van der Waals surface area (Å²) >= 11 is 2.97. The fraction of sp³-hybridized carbons (Fsp3) is 0.636. The molecule has 0 aliphatic rings. The molecular weight excluding hydrogens is 290 g/mol. The lowest BCUT2D eigenvalue weighted by Crippen LogP contribution is -2.34. The maximum atomic E-state index is 12.2. The van der Waals surface area contributed by atoms with Crippen molar-refractivity contribution in [3.05, 3.63) is 15.8 Å². The molecule has 1 atom stereocenters. The highest BCUT2D eigenvalue weighted by molar-refractivity contribution is 7.99. The van der Waals surface area contributed by atoms with Crippen LogP contribution in [0.3, 0.4) is 0 Å². The van der Waals surface area contributed by atoms with Gasteiger partial charge in [0.2, 0.25) is 10.0 Å². The maximum Gasteiger partial charge on any atom is 0.242 e. The van der Waals surface area contributed by atoms with E-state index in [2.05, 4.69) is 4.72 Å². The van der Waals surface area contributed by atoms with E-state index in [0.29, 0.717) is 10.4 Å². The number of aryl methyl sites for hydroxylation is 1. The number of aliphatic hydroxyl groups is 1. The van der Waals surface area contributed by atoms with E-state index < -0.39 is 10.0 Å². The van der Waals surface area contributed by atoms with Gasteiger partial charge in [0, 0.05) is 11.8 Å². The Morgan fingerprint density at radius 3 is 2.78 bits per heavy atom. The molecule has 0 aromatic carbocycles. The van der Waals surface area contributed by atoms with Crippen molar-refractivity contribution in [3.63, 3.8) is 0 Å². The average Bonchev–Trinajstić information content (AvgIpc) is 2.67. The Bertz CT molecular complexity index is 482. The third kappa shape index (κ3) is 3.96. The molecule has 2 N–H and O–H groups in total. The van der Waals surface area contributed by atoms with Crippen LogP contribution in [0.15, 0.2) is 10.3 Å². The molecule has 7 heteroatoms. The van der Waals surface area contributed by atoms with Gasteiger partial charge in [0.1, 0.15) is 4.90 Å². The quantitative estimate of drug-likeness (QED) is 0.808. The first kappa shape index (κ1) is 16.0. The van der Waals surface area contributed by atoms with Crippen LogP contribution in [0.25, 0.3) is 0 Å². The van der Waals surface area contributed by atoms with Crippen molar-refractivity contribution in [3.8, 4) is 0 Å². The van der Waals surface area contributed by atoms with Gasteiger partial charge in [0.05, 0.1) is 11.5 Å². The smallest absolute Gasteiger partial charge is 0.242 e. The second-order valence-electron chi connectivity index (χ2n) is 4.01. The van der Waals surface area contributed by atoms with E-state index in [1.807, 2.05) is 13.8 Å². The highest BCUT2D eigenvalue weighted by Crippen LogP contribution is 2.27. The molecule has 4 nitrogen and oxygen atoms in total. The molecule has 104 valence electrons. The van der Waals surface area contributed by atoms with Crippen molar-refractivity contribution < 1.29 is 13.5 Å². The third-order valence-electron chi connectivity index (χ3n) is 2.33. The first-order valence-corrected chi connectivity index (χ1v) is 9.22. The van der Waals surface area contributed by atoms with Gasteiger partial charge in [-0.3, -0.25) is 0 Å². The van der Waals surface area contributed by atoms with Gasteiger partial charge in [0.25, 0.3) is 0 Å². The van der Waals surface area contributed by atoms with Gasteiger partial charge in [-0.25, -0.2) is 13.1 Å². The van der Waals surface area contributed by atoms with Gasteiger partial charge in [-0.05, 0) is 30.5 Å². The summed E-state index contributed by atoms with van der Waals surface area (Å²) in [5.41, 5.74) is 0.687. The fourth-order valence-electron chi connectivity index (χ4n) is 1.61. The van der Waals surface area contributed by atoms with E-state index in [1.165, 1.54) is 11.3 Å². The minimum atomic E-state index is -3.53. The highest BCUT2D eigenvalue weighted by Gasteiger charge is 2.24. The molecule has 0 radical (unpaired) electrons. The maximum absolute atomic E-state index is 12.2. The number of hydrogen-bond donors (Lipinski definition) is 2. The van der Waals surface area contributed by atoms with Crippen LogP contribution in [-0.4, -0.2) is 31.1 Å². The third-order valence-corrected chi connectivity index (χ3v) is 6.51. The molecule has 0 saturated heterocycles. The molecule has 1 unspecified atom stereocenters. The summed E-state index contributed by atoms with van der Waals surface area (Å²) in [5, 5.41) is 10.9.